The molecular weight excluding hydrogens is 346 g/mol. The fourth-order valence-corrected chi connectivity index (χ4v) is 3.79. The van der Waals surface area contributed by atoms with E-state index >= 15 is 0 Å². The number of fused-ring (bicyclic) bond motifs is 1. The van der Waals surface area contributed by atoms with Gasteiger partial charge >= 0.3 is 5.97 Å². The van der Waals surface area contributed by atoms with Crippen molar-refractivity contribution in [2.24, 2.45) is 0 Å². The van der Waals surface area contributed by atoms with Gasteiger partial charge in [0.2, 0.25) is 5.95 Å². The first kappa shape index (κ1) is 17.5. The Balaban J connectivity index is 1.71. The molecule has 142 valence electrons. The average Bonchev–Trinajstić information content (AvgIpc) is 3.15. The third kappa shape index (κ3) is 3.39. The van der Waals surface area contributed by atoms with Gasteiger partial charge in [0.15, 0.2) is 0 Å². The van der Waals surface area contributed by atoms with Gasteiger partial charge in [-0.05, 0) is 60.7 Å². The van der Waals surface area contributed by atoms with Gasteiger partial charge in [-0.3, -0.25) is 0 Å². The zero-order valence-corrected chi connectivity index (χ0v) is 15.5. The predicted molar refractivity (Wildman–Crippen MR) is 98.2 cm³/mol. The molecule has 0 radical (unpaired) electrons. The highest BCUT2D eigenvalue weighted by Gasteiger charge is 2.36. The van der Waals surface area contributed by atoms with Crippen LogP contribution in [-0.2, 0) is 9.53 Å². The van der Waals surface area contributed by atoms with E-state index in [1.54, 1.807) is 11.8 Å². The third-order valence-electron chi connectivity index (χ3n) is 5.17. The van der Waals surface area contributed by atoms with Crippen molar-refractivity contribution < 1.29 is 14.3 Å². The highest BCUT2D eigenvalue weighted by molar-refractivity contribution is 5.92. The van der Waals surface area contributed by atoms with Gasteiger partial charge in [-0.25, -0.2) is 4.79 Å². The van der Waals surface area contributed by atoms with Gasteiger partial charge in [-0.1, -0.05) is 23.7 Å². The monoisotopic (exact) mass is 369 g/mol. The van der Waals surface area contributed by atoms with Crippen LogP contribution in [0.1, 0.15) is 50.6 Å². The molecule has 1 aliphatic carbocycles. The molecule has 0 bridgehead atoms. The van der Waals surface area contributed by atoms with Crippen molar-refractivity contribution in [1.29, 1.82) is 0 Å². The number of aromatic nitrogens is 4. The number of nitrogens with zero attached hydrogens (tertiary/aromatic N) is 4. The first-order valence-corrected chi connectivity index (χ1v) is 9.28. The molecule has 4 rings (SSSR count). The Morgan fingerprint density at radius 1 is 1.26 bits per heavy atom. The highest BCUT2D eigenvalue weighted by atomic mass is 16.5. The second kappa shape index (κ2) is 7.38. The molecule has 0 unspecified atom stereocenters. The SMILES string of the molecule is COc1cccc([C@H]2C(C(=O)OC3CCCCC3)=C(C)Nc3nnnn32)c1. The third-order valence-corrected chi connectivity index (χ3v) is 5.17. The number of tetrazole rings is 1. The number of allylic oxidation sites excluding steroid dienone is 1. The van der Waals surface area contributed by atoms with Gasteiger partial charge in [0.1, 0.15) is 17.9 Å². The van der Waals surface area contributed by atoms with Crippen molar-refractivity contribution in [3.8, 4) is 5.75 Å². The Morgan fingerprint density at radius 3 is 2.85 bits per heavy atom. The minimum Gasteiger partial charge on any atom is -0.497 e. The van der Waals surface area contributed by atoms with Crippen molar-refractivity contribution >= 4 is 11.9 Å². The summed E-state index contributed by atoms with van der Waals surface area (Å²) in [6.07, 6.45) is 5.23. The summed E-state index contributed by atoms with van der Waals surface area (Å²) in [5.74, 6) is 0.883. The summed E-state index contributed by atoms with van der Waals surface area (Å²) < 4.78 is 12.8. The second-order valence-corrected chi connectivity index (χ2v) is 6.96. The van der Waals surface area contributed by atoms with E-state index in [1.807, 2.05) is 31.2 Å². The maximum Gasteiger partial charge on any atom is 0.338 e. The molecule has 1 atom stereocenters. The number of methoxy groups -OCH3 is 1. The molecule has 0 spiro atoms. The van der Waals surface area contributed by atoms with Crippen molar-refractivity contribution in [2.75, 3.05) is 12.4 Å². The molecular formula is C19H23N5O3. The van der Waals surface area contributed by atoms with Crippen LogP contribution in [0.25, 0.3) is 0 Å². The number of anilines is 1. The van der Waals surface area contributed by atoms with E-state index in [0.717, 1.165) is 31.2 Å². The van der Waals surface area contributed by atoms with Gasteiger partial charge in [-0.15, -0.1) is 0 Å². The zero-order chi connectivity index (χ0) is 18.8. The van der Waals surface area contributed by atoms with E-state index in [9.17, 15) is 4.79 Å². The maximum atomic E-state index is 13.1. The summed E-state index contributed by atoms with van der Waals surface area (Å²) in [6, 6.07) is 7.11. The van der Waals surface area contributed by atoms with Crippen LogP contribution in [0, 0.1) is 0 Å². The van der Waals surface area contributed by atoms with Gasteiger partial charge < -0.3 is 14.8 Å². The number of rotatable bonds is 4. The van der Waals surface area contributed by atoms with Crippen LogP contribution < -0.4 is 10.1 Å². The summed E-state index contributed by atoms with van der Waals surface area (Å²) in [4.78, 5) is 13.1. The Bertz CT molecular complexity index is 870. The molecule has 8 nitrogen and oxygen atoms in total. The summed E-state index contributed by atoms with van der Waals surface area (Å²) in [5.41, 5.74) is 2.08. The topological polar surface area (TPSA) is 91.2 Å². The fourth-order valence-electron chi connectivity index (χ4n) is 3.79. The van der Waals surface area contributed by atoms with Crippen LogP contribution in [-0.4, -0.2) is 39.4 Å². The predicted octanol–water partition coefficient (Wildman–Crippen LogP) is 2.85. The first-order valence-electron chi connectivity index (χ1n) is 9.28. The molecule has 27 heavy (non-hydrogen) atoms. The summed E-state index contributed by atoms with van der Waals surface area (Å²) in [7, 11) is 1.61. The lowest BCUT2D eigenvalue weighted by Crippen LogP contribution is -2.32. The quantitative estimate of drug-likeness (QED) is 0.829. The molecule has 8 heteroatoms. The van der Waals surface area contributed by atoms with E-state index in [4.69, 9.17) is 9.47 Å². The van der Waals surface area contributed by atoms with Gasteiger partial charge in [0, 0.05) is 5.70 Å². The lowest BCUT2D eigenvalue weighted by atomic mass is 9.94. The lowest BCUT2D eigenvalue weighted by molar-refractivity contribution is -0.146. The van der Waals surface area contributed by atoms with Crippen molar-refractivity contribution in [3.63, 3.8) is 0 Å². The standard InChI is InChI=1S/C19H23N5O3/c1-12-16(18(25)27-14-8-4-3-5-9-14)17(24-19(20-12)21-22-23-24)13-7-6-10-15(11-13)26-2/h6-7,10-11,14,17H,3-5,8-9H2,1-2H3,(H,20,21,23)/t17-/m0/s1. The molecule has 1 saturated carbocycles. The molecule has 2 aliphatic rings. The number of nitrogens with one attached hydrogen (secondary N) is 1. The molecule has 1 fully saturated rings. The van der Waals surface area contributed by atoms with Gasteiger partial charge in [0.05, 0.1) is 12.7 Å². The van der Waals surface area contributed by atoms with E-state index in [0.29, 0.717) is 23.0 Å². The number of carbonyl (C=O) groups is 1. The lowest BCUT2D eigenvalue weighted by Gasteiger charge is -2.29. The Labute approximate surface area is 157 Å². The van der Waals surface area contributed by atoms with Crippen LogP contribution in [0.3, 0.4) is 0 Å². The summed E-state index contributed by atoms with van der Waals surface area (Å²) in [5, 5.41) is 15.0. The minimum atomic E-state index is -0.470. The highest BCUT2D eigenvalue weighted by Crippen LogP contribution is 2.36. The smallest absolute Gasteiger partial charge is 0.338 e. The minimum absolute atomic E-state index is 0.0206. The van der Waals surface area contributed by atoms with Crippen molar-refractivity contribution in [2.45, 2.75) is 51.2 Å². The van der Waals surface area contributed by atoms with Crippen LogP contribution in [0.4, 0.5) is 5.95 Å². The van der Waals surface area contributed by atoms with E-state index in [-0.39, 0.29) is 12.1 Å². The molecule has 2 aromatic rings. The number of carbonyl (C=O) groups excluding carboxylic acids is 1. The molecule has 0 saturated heterocycles. The van der Waals surface area contributed by atoms with Crippen molar-refractivity contribution in [3.05, 3.63) is 41.1 Å². The number of hydrogen-bond acceptors (Lipinski definition) is 7. The maximum absolute atomic E-state index is 13.1. The van der Waals surface area contributed by atoms with Gasteiger partial charge in [0.25, 0.3) is 0 Å². The summed E-state index contributed by atoms with van der Waals surface area (Å²) >= 11 is 0. The van der Waals surface area contributed by atoms with Gasteiger partial charge in [-0.2, -0.15) is 4.68 Å². The Morgan fingerprint density at radius 2 is 2.07 bits per heavy atom. The average molecular weight is 369 g/mol. The van der Waals surface area contributed by atoms with E-state index < -0.39 is 6.04 Å². The number of esters is 1. The Hall–Kier alpha value is -2.90. The first-order chi connectivity index (χ1) is 13.2. The molecule has 2 heterocycles. The zero-order valence-electron chi connectivity index (χ0n) is 15.5. The van der Waals surface area contributed by atoms with Crippen LogP contribution in [0.2, 0.25) is 0 Å². The summed E-state index contributed by atoms with van der Waals surface area (Å²) in [6.45, 7) is 1.85. The van der Waals surface area contributed by atoms with E-state index in [2.05, 4.69) is 20.8 Å². The molecule has 0 amide bonds. The van der Waals surface area contributed by atoms with Crippen LogP contribution >= 0.6 is 0 Å². The van der Waals surface area contributed by atoms with Crippen LogP contribution in [0.15, 0.2) is 35.5 Å². The van der Waals surface area contributed by atoms with E-state index in [1.165, 1.54) is 6.42 Å². The number of hydrogen-bond donors (Lipinski definition) is 1. The fraction of sp³-hybridized carbons (Fsp3) is 0.474. The largest absolute Gasteiger partial charge is 0.497 e. The van der Waals surface area contributed by atoms with Crippen molar-refractivity contribution in [1.82, 2.24) is 20.2 Å². The second-order valence-electron chi connectivity index (χ2n) is 6.96. The molecule has 1 aromatic heterocycles. The normalized spacial score (nSPS) is 20.0. The molecule has 1 aliphatic heterocycles. The molecule has 1 N–H and O–H groups in total. The Kier molecular flexibility index (Phi) is 4.79. The molecule has 1 aromatic carbocycles. The van der Waals surface area contributed by atoms with Crippen LogP contribution in [0.5, 0.6) is 5.75 Å². The number of benzene rings is 1. The number of ether oxygens (including phenoxy) is 2.